The van der Waals surface area contributed by atoms with Gasteiger partial charge in [-0.05, 0) is 29.7 Å². The van der Waals surface area contributed by atoms with Crippen LogP contribution in [-0.4, -0.2) is 25.6 Å². The lowest BCUT2D eigenvalue weighted by Gasteiger charge is -2.25. The Hall–Kier alpha value is -0.820. The van der Waals surface area contributed by atoms with Crippen molar-refractivity contribution in [3.8, 4) is 0 Å². The van der Waals surface area contributed by atoms with Crippen molar-refractivity contribution >= 4 is 0 Å². The van der Waals surface area contributed by atoms with Gasteiger partial charge in [0.15, 0.2) is 0 Å². The summed E-state index contributed by atoms with van der Waals surface area (Å²) in [6, 6.07) is 9.32. The van der Waals surface area contributed by atoms with Crippen LogP contribution < -0.4 is 0 Å². The second-order valence-electron chi connectivity index (χ2n) is 7.67. The summed E-state index contributed by atoms with van der Waals surface area (Å²) in [6.45, 7) is 10.4. The zero-order chi connectivity index (χ0) is 14.6. The molecular formula is C18H32N+. The van der Waals surface area contributed by atoms with E-state index in [4.69, 9.17) is 0 Å². The van der Waals surface area contributed by atoms with Gasteiger partial charge in [-0.25, -0.2) is 0 Å². The lowest BCUT2D eigenvalue weighted by molar-refractivity contribution is -0.884. The first-order chi connectivity index (χ1) is 8.69. The van der Waals surface area contributed by atoms with Gasteiger partial charge in [0.2, 0.25) is 0 Å². The van der Waals surface area contributed by atoms with Gasteiger partial charge in [0.05, 0.1) is 21.1 Å². The van der Waals surface area contributed by atoms with Crippen LogP contribution in [0.1, 0.15) is 51.2 Å². The van der Waals surface area contributed by atoms with Crippen molar-refractivity contribution in [1.29, 1.82) is 0 Å². The first-order valence-corrected chi connectivity index (χ1v) is 7.58. The van der Waals surface area contributed by atoms with Crippen LogP contribution in [0.4, 0.5) is 0 Å². The van der Waals surface area contributed by atoms with Gasteiger partial charge in [0, 0.05) is 5.56 Å². The molecule has 0 saturated heterocycles. The van der Waals surface area contributed by atoms with Crippen molar-refractivity contribution in [3.63, 3.8) is 0 Å². The smallest absolute Gasteiger partial charge is 0.104 e. The van der Waals surface area contributed by atoms with Gasteiger partial charge in [0.25, 0.3) is 0 Å². The van der Waals surface area contributed by atoms with Gasteiger partial charge in [-0.2, -0.15) is 0 Å². The zero-order valence-corrected chi connectivity index (χ0v) is 13.9. The molecule has 1 rings (SSSR count). The number of rotatable bonds is 6. The fourth-order valence-electron chi connectivity index (χ4n) is 2.72. The van der Waals surface area contributed by atoms with Gasteiger partial charge in [-0.15, -0.1) is 0 Å². The highest BCUT2D eigenvalue weighted by Gasteiger charge is 2.17. The van der Waals surface area contributed by atoms with Crippen LogP contribution in [0.5, 0.6) is 0 Å². The second-order valence-corrected chi connectivity index (χ2v) is 7.67. The molecule has 1 aromatic carbocycles. The average Bonchev–Trinajstić information content (AvgIpc) is 2.24. The van der Waals surface area contributed by atoms with E-state index in [0.29, 0.717) is 11.8 Å². The largest absolute Gasteiger partial charge is 0.327 e. The van der Waals surface area contributed by atoms with Crippen molar-refractivity contribution in [1.82, 2.24) is 0 Å². The third kappa shape index (κ3) is 5.78. The summed E-state index contributed by atoms with van der Waals surface area (Å²) in [4.78, 5) is 0. The maximum Gasteiger partial charge on any atom is 0.104 e. The predicted octanol–water partition coefficient (Wildman–Crippen LogP) is 4.68. The Morgan fingerprint density at radius 3 is 1.79 bits per heavy atom. The van der Waals surface area contributed by atoms with Gasteiger partial charge < -0.3 is 4.48 Å². The maximum atomic E-state index is 2.35. The van der Waals surface area contributed by atoms with Gasteiger partial charge in [-0.3, -0.25) is 0 Å². The predicted molar refractivity (Wildman–Crippen MR) is 85.2 cm³/mol. The molecule has 1 nitrogen and oxygen atoms in total. The molecule has 0 aromatic heterocycles. The third-order valence-corrected chi connectivity index (χ3v) is 3.59. The van der Waals surface area contributed by atoms with Crippen LogP contribution in [0.25, 0.3) is 0 Å². The first kappa shape index (κ1) is 16.2. The van der Waals surface area contributed by atoms with E-state index in [9.17, 15) is 0 Å². The number of nitrogens with zero attached hydrogens (tertiary/aromatic N) is 1. The SMILES string of the molecule is CC(C)CC(c1ccc(C[N+](C)(C)C)cc1)C(C)C. The van der Waals surface area contributed by atoms with E-state index < -0.39 is 0 Å². The number of quaternary nitrogens is 1. The molecule has 108 valence electrons. The molecule has 1 heteroatoms. The molecule has 0 aliphatic heterocycles. The molecule has 0 N–H and O–H groups in total. The van der Waals surface area contributed by atoms with E-state index >= 15 is 0 Å². The lowest BCUT2D eigenvalue weighted by atomic mass is 9.82. The molecular weight excluding hydrogens is 230 g/mol. The molecule has 0 radical (unpaired) electrons. The molecule has 1 aromatic rings. The molecule has 19 heavy (non-hydrogen) atoms. The fraction of sp³-hybridized carbons (Fsp3) is 0.667. The van der Waals surface area contributed by atoms with E-state index in [1.807, 2.05) is 0 Å². The van der Waals surface area contributed by atoms with E-state index in [1.54, 1.807) is 0 Å². The van der Waals surface area contributed by atoms with Crippen molar-refractivity contribution in [2.45, 2.75) is 46.6 Å². The summed E-state index contributed by atoms with van der Waals surface area (Å²) in [7, 11) is 6.72. The molecule has 0 amide bonds. The number of hydrogen-bond acceptors (Lipinski definition) is 0. The minimum absolute atomic E-state index is 0.693. The maximum absolute atomic E-state index is 2.35. The van der Waals surface area contributed by atoms with Crippen LogP contribution in [0, 0.1) is 11.8 Å². The zero-order valence-electron chi connectivity index (χ0n) is 13.9. The normalized spacial score (nSPS) is 14.2. The van der Waals surface area contributed by atoms with Crippen LogP contribution in [0.2, 0.25) is 0 Å². The van der Waals surface area contributed by atoms with Crippen LogP contribution in [-0.2, 0) is 6.54 Å². The molecule has 0 aliphatic rings. The lowest BCUT2D eigenvalue weighted by Crippen LogP contribution is -2.33. The van der Waals surface area contributed by atoms with Gasteiger partial charge in [0.1, 0.15) is 6.54 Å². The molecule has 0 bridgehead atoms. The Labute approximate surface area is 120 Å². The molecule has 1 unspecified atom stereocenters. The molecule has 1 atom stereocenters. The van der Waals surface area contributed by atoms with Gasteiger partial charge in [-0.1, -0.05) is 52.0 Å². The molecule has 0 fully saturated rings. The molecule has 0 spiro atoms. The van der Waals surface area contributed by atoms with E-state index in [1.165, 1.54) is 17.5 Å². The minimum Gasteiger partial charge on any atom is -0.327 e. The van der Waals surface area contributed by atoms with Crippen LogP contribution in [0.3, 0.4) is 0 Å². The monoisotopic (exact) mass is 262 g/mol. The summed E-state index contributed by atoms with van der Waals surface area (Å²) in [5.41, 5.74) is 2.94. The average molecular weight is 262 g/mol. The van der Waals surface area contributed by atoms with Crippen molar-refractivity contribution in [2.24, 2.45) is 11.8 Å². The third-order valence-electron chi connectivity index (χ3n) is 3.59. The minimum atomic E-state index is 0.693. The standard InChI is InChI=1S/C18H32N/c1-14(2)12-18(15(3)4)17-10-8-16(9-11-17)13-19(5,6)7/h8-11,14-15,18H,12-13H2,1-7H3/q+1. The van der Waals surface area contributed by atoms with Crippen molar-refractivity contribution in [2.75, 3.05) is 21.1 Å². The van der Waals surface area contributed by atoms with Crippen molar-refractivity contribution in [3.05, 3.63) is 35.4 Å². The molecule has 0 heterocycles. The number of hydrogen-bond donors (Lipinski definition) is 0. The van der Waals surface area contributed by atoms with Crippen molar-refractivity contribution < 1.29 is 4.48 Å². The second kappa shape index (κ2) is 6.56. The van der Waals surface area contributed by atoms with E-state index in [2.05, 4.69) is 73.1 Å². The Bertz CT molecular complexity index is 368. The summed E-state index contributed by atoms with van der Waals surface area (Å²) in [5.74, 6) is 2.17. The van der Waals surface area contributed by atoms with Crippen LogP contribution in [0.15, 0.2) is 24.3 Å². The van der Waals surface area contributed by atoms with E-state index in [-0.39, 0.29) is 0 Å². The summed E-state index contributed by atoms with van der Waals surface area (Å²) in [5, 5.41) is 0. The highest BCUT2D eigenvalue weighted by atomic mass is 15.3. The highest BCUT2D eigenvalue weighted by molar-refractivity contribution is 5.25. The topological polar surface area (TPSA) is 0 Å². The number of benzene rings is 1. The first-order valence-electron chi connectivity index (χ1n) is 7.58. The Morgan fingerprint density at radius 2 is 1.42 bits per heavy atom. The highest BCUT2D eigenvalue weighted by Crippen LogP contribution is 2.31. The Kier molecular flexibility index (Phi) is 5.61. The Morgan fingerprint density at radius 1 is 0.895 bits per heavy atom. The van der Waals surface area contributed by atoms with E-state index in [0.717, 1.165) is 16.9 Å². The molecule has 0 aliphatic carbocycles. The molecule has 0 saturated carbocycles. The fourth-order valence-corrected chi connectivity index (χ4v) is 2.72. The van der Waals surface area contributed by atoms with Crippen LogP contribution >= 0.6 is 0 Å². The summed E-state index contributed by atoms with van der Waals surface area (Å²) in [6.07, 6.45) is 1.28. The Balaban J connectivity index is 2.83. The summed E-state index contributed by atoms with van der Waals surface area (Å²) < 4.78 is 0.985. The summed E-state index contributed by atoms with van der Waals surface area (Å²) >= 11 is 0. The quantitative estimate of drug-likeness (QED) is 0.653. The van der Waals surface area contributed by atoms with Gasteiger partial charge >= 0.3 is 0 Å².